The van der Waals surface area contributed by atoms with E-state index in [9.17, 15) is 9.18 Å². The first-order valence-corrected chi connectivity index (χ1v) is 10.0. The number of anilines is 1. The van der Waals surface area contributed by atoms with Gasteiger partial charge in [-0.1, -0.05) is 66.4 Å². The van der Waals surface area contributed by atoms with Gasteiger partial charge in [0.25, 0.3) is 5.91 Å². The molecule has 2 N–H and O–H groups in total. The van der Waals surface area contributed by atoms with E-state index < -0.39 is 5.50 Å². The topological polar surface area (TPSA) is 50.4 Å². The Hall–Kier alpha value is -3.25. The minimum Gasteiger partial charge on any atom is -0.489 e. The summed E-state index contributed by atoms with van der Waals surface area (Å²) in [7, 11) is 0. The summed E-state index contributed by atoms with van der Waals surface area (Å²) in [6.45, 7) is 0.503. The number of para-hydroxylation sites is 1. The fourth-order valence-corrected chi connectivity index (χ4v) is 3.81. The van der Waals surface area contributed by atoms with E-state index in [2.05, 4.69) is 10.6 Å². The fourth-order valence-electron chi connectivity index (χ4n) is 2.84. The van der Waals surface area contributed by atoms with Crippen molar-refractivity contribution >= 4 is 29.4 Å². The van der Waals surface area contributed by atoms with Gasteiger partial charge >= 0.3 is 0 Å². The van der Waals surface area contributed by atoms with E-state index >= 15 is 0 Å². The number of carbonyl (C=O) groups is 1. The van der Waals surface area contributed by atoms with Gasteiger partial charge in [-0.3, -0.25) is 4.79 Å². The molecule has 146 valence electrons. The van der Waals surface area contributed by atoms with Crippen molar-refractivity contribution in [1.29, 1.82) is 0 Å². The van der Waals surface area contributed by atoms with E-state index in [4.69, 9.17) is 4.74 Å². The number of hydrogen-bond acceptors (Lipinski definition) is 4. The molecule has 4 nitrogen and oxygen atoms in total. The van der Waals surface area contributed by atoms with Crippen LogP contribution in [0.2, 0.25) is 0 Å². The van der Waals surface area contributed by atoms with Crippen LogP contribution in [0.15, 0.2) is 83.8 Å². The Bertz CT molecular complexity index is 1020. The molecule has 1 aliphatic rings. The molecule has 1 atom stereocenters. The molecule has 0 spiro atoms. The van der Waals surface area contributed by atoms with E-state index in [1.165, 1.54) is 17.8 Å². The third kappa shape index (κ3) is 4.97. The zero-order valence-electron chi connectivity index (χ0n) is 15.5. The van der Waals surface area contributed by atoms with Crippen LogP contribution in [-0.4, -0.2) is 11.4 Å². The maximum atomic E-state index is 13.8. The third-order valence-electron chi connectivity index (χ3n) is 4.32. The highest BCUT2D eigenvalue weighted by Gasteiger charge is 2.27. The first-order valence-electron chi connectivity index (χ1n) is 9.14. The van der Waals surface area contributed by atoms with E-state index in [1.54, 1.807) is 18.2 Å². The molecule has 1 unspecified atom stereocenters. The van der Waals surface area contributed by atoms with Gasteiger partial charge in [-0.2, -0.15) is 0 Å². The molecule has 3 aromatic rings. The molecule has 0 radical (unpaired) electrons. The quantitative estimate of drug-likeness (QED) is 0.566. The maximum Gasteiger partial charge on any atom is 0.260 e. The van der Waals surface area contributed by atoms with Gasteiger partial charge in [-0.05, 0) is 41.5 Å². The molecule has 1 aliphatic heterocycles. The van der Waals surface area contributed by atoms with Crippen molar-refractivity contribution in [3.8, 4) is 5.75 Å². The van der Waals surface area contributed by atoms with Crippen LogP contribution in [0.5, 0.6) is 5.75 Å². The van der Waals surface area contributed by atoms with Crippen molar-refractivity contribution in [2.75, 3.05) is 5.32 Å². The van der Waals surface area contributed by atoms with Gasteiger partial charge in [0.2, 0.25) is 0 Å². The van der Waals surface area contributed by atoms with E-state index in [0.29, 0.717) is 17.2 Å². The van der Waals surface area contributed by atoms with Crippen molar-refractivity contribution in [1.82, 2.24) is 5.32 Å². The lowest BCUT2D eigenvalue weighted by Crippen LogP contribution is -2.31. The van der Waals surface area contributed by atoms with Crippen LogP contribution in [0, 0.1) is 5.82 Å². The van der Waals surface area contributed by atoms with Gasteiger partial charge in [0, 0.05) is 0 Å². The normalized spacial score (nSPS) is 17.2. The minimum absolute atomic E-state index is 0.187. The summed E-state index contributed by atoms with van der Waals surface area (Å²) >= 11 is 1.32. The molecule has 6 heteroatoms. The molecule has 1 heterocycles. The smallest absolute Gasteiger partial charge is 0.260 e. The van der Waals surface area contributed by atoms with Crippen LogP contribution < -0.4 is 15.4 Å². The second kappa shape index (κ2) is 8.84. The molecule has 1 saturated heterocycles. The Morgan fingerprint density at radius 1 is 1.00 bits per heavy atom. The monoisotopic (exact) mass is 406 g/mol. The molecule has 0 aromatic heterocycles. The maximum absolute atomic E-state index is 13.8. The van der Waals surface area contributed by atoms with Gasteiger partial charge in [0.15, 0.2) is 5.50 Å². The average molecular weight is 406 g/mol. The first kappa shape index (κ1) is 19.1. The highest BCUT2D eigenvalue weighted by atomic mass is 32.2. The van der Waals surface area contributed by atoms with Gasteiger partial charge in [-0.15, -0.1) is 0 Å². The molecule has 29 heavy (non-hydrogen) atoms. The van der Waals surface area contributed by atoms with Crippen LogP contribution in [0.4, 0.5) is 10.1 Å². The van der Waals surface area contributed by atoms with Crippen LogP contribution >= 0.6 is 11.8 Å². The van der Waals surface area contributed by atoms with Gasteiger partial charge in [-0.25, -0.2) is 4.39 Å². The number of thioether (sulfide) groups is 1. The number of halogens is 1. The van der Waals surface area contributed by atoms with Crippen LogP contribution in [0.1, 0.15) is 11.1 Å². The standard InChI is InChI=1S/C23H19FN2O2S/c24-19-8-4-5-9-20(19)25-23-26-22(27)21(29-23)14-16-10-12-18(13-11-16)28-15-17-6-2-1-3-7-17/h1-14,23,25H,15H2,(H,26,27)/b21-14-. The van der Waals surface area contributed by atoms with Crippen LogP contribution in [0.3, 0.4) is 0 Å². The zero-order chi connectivity index (χ0) is 20.1. The van der Waals surface area contributed by atoms with E-state index in [-0.39, 0.29) is 11.7 Å². The summed E-state index contributed by atoms with van der Waals surface area (Å²) in [5.41, 5.74) is 1.93. The summed E-state index contributed by atoms with van der Waals surface area (Å²) in [4.78, 5) is 12.8. The Labute approximate surface area is 172 Å². The van der Waals surface area contributed by atoms with Crippen molar-refractivity contribution in [3.05, 3.63) is 101 Å². The number of nitrogens with one attached hydrogen (secondary N) is 2. The largest absolute Gasteiger partial charge is 0.489 e. The lowest BCUT2D eigenvalue weighted by Gasteiger charge is -2.12. The van der Waals surface area contributed by atoms with Crippen molar-refractivity contribution < 1.29 is 13.9 Å². The molecular formula is C23H19FN2O2S. The molecule has 4 rings (SSSR count). The number of amides is 1. The Morgan fingerprint density at radius 3 is 2.48 bits per heavy atom. The minimum atomic E-state index is -0.417. The summed E-state index contributed by atoms with van der Waals surface area (Å²) in [5, 5.41) is 5.79. The molecule has 3 aromatic carbocycles. The molecule has 1 amide bonds. The number of ether oxygens (including phenoxy) is 1. The molecule has 0 aliphatic carbocycles. The second-order valence-electron chi connectivity index (χ2n) is 6.45. The Morgan fingerprint density at radius 2 is 1.72 bits per heavy atom. The van der Waals surface area contributed by atoms with Crippen LogP contribution in [-0.2, 0) is 11.4 Å². The first-order chi connectivity index (χ1) is 14.2. The fraction of sp³-hybridized carbons (Fsp3) is 0.0870. The lowest BCUT2D eigenvalue weighted by molar-refractivity contribution is -0.116. The summed E-state index contributed by atoms with van der Waals surface area (Å²) < 4.78 is 19.6. The molecular weight excluding hydrogens is 387 g/mol. The van der Waals surface area contributed by atoms with Crippen molar-refractivity contribution in [2.24, 2.45) is 0 Å². The van der Waals surface area contributed by atoms with Crippen LogP contribution in [0.25, 0.3) is 6.08 Å². The summed E-state index contributed by atoms with van der Waals surface area (Å²) in [6.07, 6.45) is 1.81. The lowest BCUT2D eigenvalue weighted by atomic mass is 10.2. The Kier molecular flexibility index (Phi) is 5.81. The Balaban J connectivity index is 1.37. The number of benzene rings is 3. The van der Waals surface area contributed by atoms with Gasteiger partial charge in [0.05, 0.1) is 10.6 Å². The third-order valence-corrected chi connectivity index (χ3v) is 5.35. The van der Waals surface area contributed by atoms with E-state index in [1.807, 2.05) is 60.7 Å². The number of rotatable bonds is 6. The summed E-state index contributed by atoms with van der Waals surface area (Å²) in [6, 6.07) is 23.9. The predicted octanol–water partition coefficient (Wildman–Crippen LogP) is 5.00. The highest BCUT2D eigenvalue weighted by Crippen LogP contribution is 2.31. The van der Waals surface area contributed by atoms with Crippen molar-refractivity contribution in [3.63, 3.8) is 0 Å². The number of carbonyl (C=O) groups excluding carboxylic acids is 1. The zero-order valence-corrected chi connectivity index (χ0v) is 16.3. The van der Waals surface area contributed by atoms with Gasteiger partial charge in [0.1, 0.15) is 18.2 Å². The summed E-state index contributed by atoms with van der Waals surface area (Å²) in [5.74, 6) is 0.220. The highest BCUT2D eigenvalue weighted by molar-refractivity contribution is 8.05. The molecule has 1 fully saturated rings. The predicted molar refractivity (Wildman–Crippen MR) is 115 cm³/mol. The molecule has 0 bridgehead atoms. The SMILES string of the molecule is O=C1NC(Nc2ccccc2F)S/C1=C\c1ccc(OCc2ccccc2)cc1. The number of hydrogen-bond donors (Lipinski definition) is 2. The van der Waals surface area contributed by atoms with E-state index in [0.717, 1.165) is 16.9 Å². The second-order valence-corrected chi connectivity index (χ2v) is 7.59. The van der Waals surface area contributed by atoms with Crippen molar-refractivity contribution in [2.45, 2.75) is 12.1 Å². The molecule has 0 saturated carbocycles. The van der Waals surface area contributed by atoms with Gasteiger partial charge < -0.3 is 15.4 Å². The average Bonchev–Trinajstić information content (AvgIpc) is 3.09.